The average molecular weight is 256 g/mol. The molecule has 0 saturated heterocycles. The van der Waals surface area contributed by atoms with Gasteiger partial charge < -0.3 is 5.32 Å². The van der Waals surface area contributed by atoms with Crippen molar-refractivity contribution < 1.29 is 0 Å². The van der Waals surface area contributed by atoms with Crippen LogP contribution in [0, 0.1) is 6.92 Å². The zero-order valence-electron chi connectivity index (χ0n) is 9.92. The van der Waals surface area contributed by atoms with Crippen LogP contribution in [0.25, 0.3) is 10.2 Å². The molecule has 0 aliphatic rings. The Morgan fingerprint density at radius 3 is 3.00 bits per heavy atom. The van der Waals surface area contributed by atoms with Gasteiger partial charge in [0, 0.05) is 11.1 Å². The average Bonchev–Trinajstić information content (AvgIpc) is 2.78. The van der Waals surface area contributed by atoms with Gasteiger partial charge in [0.25, 0.3) is 0 Å². The number of fused-ring (bicyclic) bond motifs is 1. The number of thiophene rings is 1. The van der Waals surface area contributed by atoms with Crippen LogP contribution in [-0.2, 0) is 6.54 Å². The molecule has 5 heteroatoms. The number of aromatic nitrogens is 3. The fourth-order valence-electron chi connectivity index (χ4n) is 1.79. The van der Waals surface area contributed by atoms with Gasteiger partial charge in [-0.1, -0.05) is 6.07 Å². The van der Waals surface area contributed by atoms with E-state index in [4.69, 9.17) is 0 Å². The van der Waals surface area contributed by atoms with Crippen LogP contribution < -0.4 is 5.32 Å². The van der Waals surface area contributed by atoms with Gasteiger partial charge in [0.05, 0.1) is 17.6 Å². The smallest absolute Gasteiger partial charge is 0.138 e. The molecule has 0 unspecified atom stereocenters. The Morgan fingerprint density at radius 2 is 2.17 bits per heavy atom. The van der Waals surface area contributed by atoms with Gasteiger partial charge in [0.2, 0.25) is 0 Å². The third-order valence-electron chi connectivity index (χ3n) is 2.62. The molecule has 0 aliphatic heterocycles. The van der Waals surface area contributed by atoms with Crippen LogP contribution in [-0.4, -0.2) is 15.0 Å². The molecule has 0 bridgehead atoms. The van der Waals surface area contributed by atoms with Gasteiger partial charge in [-0.3, -0.25) is 4.98 Å². The Balaban J connectivity index is 1.86. The van der Waals surface area contributed by atoms with Crippen LogP contribution in [0.3, 0.4) is 0 Å². The molecule has 0 spiro atoms. The van der Waals surface area contributed by atoms with Crippen molar-refractivity contribution in [2.75, 3.05) is 5.32 Å². The molecule has 0 aliphatic carbocycles. The predicted octanol–water partition coefficient (Wildman–Crippen LogP) is 3.01. The minimum Gasteiger partial charge on any atom is -0.364 e. The minimum atomic E-state index is 0.668. The standard InChI is InChI=1S/C13H12N4S/c1-9-6-11-12(16-8-17-13(11)18-9)15-7-10-4-2-3-5-14-10/h2-6,8H,7H2,1H3,(H,15,16,17). The summed E-state index contributed by atoms with van der Waals surface area (Å²) in [4.78, 5) is 15.1. The molecule has 3 aromatic rings. The molecule has 1 N–H and O–H groups in total. The summed E-state index contributed by atoms with van der Waals surface area (Å²) >= 11 is 1.68. The number of rotatable bonds is 3. The zero-order valence-corrected chi connectivity index (χ0v) is 10.7. The summed E-state index contributed by atoms with van der Waals surface area (Å²) in [6.07, 6.45) is 3.39. The van der Waals surface area contributed by atoms with Crippen LogP contribution in [0.5, 0.6) is 0 Å². The first kappa shape index (κ1) is 11.1. The van der Waals surface area contributed by atoms with E-state index in [0.717, 1.165) is 21.7 Å². The fourth-order valence-corrected chi connectivity index (χ4v) is 2.64. The van der Waals surface area contributed by atoms with Gasteiger partial charge in [-0.25, -0.2) is 9.97 Å². The third-order valence-corrected chi connectivity index (χ3v) is 3.57. The topological polar surface area (TPSA) is 50.7 Å². The lowest BCUT2D eigenvalue weighted by atomic mass is 10.3. The molecule has 0 amide bonds. The summed E-state index contributed by atoms with van der Waals surface area (Å²) in [5.74, 6) is 0.870. The summed E-state index contributed by atoms with van der Waals surface area (Å²) in [6, 6.07) is 7.99. The summed E-state index contributed by atoms with van der Waals surface area (Å²) in [5.41, 5.74) is 0.996. The first-order valence-corrected chi connectivity index (χ1v) is 6.49. The number of hydrogen-bond donors (Lipinski definition) is 1. The second-order valence-electron chi connectivity index (χ2n) is 3.97. The third kappa shape index (κ3) is 2.17. The highest BCUT2D eigenvalue weighted by molar-refractivity contribution is 7.18. The van der Waals surface area contributed by atoms with E-state index in [2.05, 4.69) is 33.3 Å². The van der Waals surface area contributed by atoms with E-state index < -0.39 is 0 Å². The van der Waals surface area contributed by atoms with Crippen molar-refractivity contribution in [3.8, 4) is 0 Å². The van der Waals surface area contributed by atoms with Crippen molar-refractivity contribution in [3.63, 3.8) is 0 Å². The lowest BCUT2D eigenvalue weighted by Gasteiger charge is -2.05. The molecular formula is C13H12N4S. The molecule has 0 atom stereocenters. The lowest BCUT2D eigenvalue weighted by Crippen LogP contribution is -2.03. The molecule has 3 heterocycles. The molecule has 3 rings (SSSR count). The van der Waals surface area contributed by atoms with E-state index in [1.807, 2.05) is 18.2 Å². The van der Waals surface area contributed by atoms with Crippen molar-refractivity contribution in [3.05, 3.63) is 47.4 Å². The monoisotopic (exact) mass is 256 g/mol. The lowest BCUT2D eigenvalue weighted by molar-refractivity contribution is 1.03. The van der Waals surface area contributed by atoms with E-state index in [0.29, 0.717) is 6.54 Å². The Morgan fingerprint density at radius 1 is 1.22 bits per heavy atom. The van der Waals surface area contributed by atoms with Gasteiger partial charge in [0.1, 0.15) is 17.0 Å². The van der Waals surface area contributed by atoms with E-state index in [1.54, 1.807) is 23.9 Å². The van der Waals surface area contributed by atoms with Crippen molar-refractivity contribution in [2.45, 2.75) is 13.5 Å². The van der Waals surface area contributed by atoms with E-state index in [1.165, 1.54) is 4.88 Å². The van der Waals surface area contributed by atoms with Gasteiger partial charge >= 0.3 is 0 Å². The quantitative estimate of drug-likeness (QED) is 0.782. The Labute approximate surface area is 109 Å². The number of pyridine rings is 1. The van der Waals surface area contributed by atoms with E-state index >= 15 is 0 Å². The Bertz CT molecular complexity index is 663. The number of nitrogens with zero attached hydrogens (tertiary/aromatic N) is 3. The maximum absolute atomic E-state index is 4.29. The Hall–Kier alpha value is -2.01. The minimum absolute atomic E-state index is 0.668. The highest BCUT2D eigenvalue weighted by atomic mass is 32.1. The second-order valence-corrected chi connectivity index (χ2v) is 5.21. The first-order chi connectivity index (χ1) is 8.83. The van der Waals surface area contributed by atoms with Crippen molar-refractivity contribution in [2.24, 2.45) is 0 Å². The maximum Gasteiger partial charge on any atom is 0.138 e. The first-order valence-electron chi connectivity index (χ1n) is 5.68. The maximum atomic E-state index is 4.29. The molecule has 4 nitrogen and oxygen atoms in total. The summed E-state index contributed by atoms with van der Waals surface area (Å²) in [6.45, 7) is 2.75. The van der Waals surface area contributed by atoms with Gasteiger partial charge in [-0.2, -0.15) is 0 Å². The zero-order chi connectivity index (χ0) is 12.4. The molecule has 0 saturated carbocycles. The molecule has 18 heavy (non-hydrogen) atoms. The highest BCUT2D eigenvalue weighted by Gasteiger charge is 2.06. The SMILES string of the molecule is Cc1cc2c(NCc3ccccn3)ncnc2s1. The summed E-state index contributed by atoms with van der Waals surface area (Å²) in [7, 11) is 0. The fraction of sp³-hybridized carbons (Fsp3) is 0.154. The molecule has 0 aromatic carbocycles. The van der Waals surface area contributed by atoms with E-state index in [9.17, 15) is 0 Å². The largest absolute Gasteiger partial charge is 0.364 e. The van der Waals surface area contributed by atoms with Gasteiger partial charge in [-0.05, 0) is 25.1 Å². The number of hydrogen-bond acceptors (Lipinski definition) is 5. The summed E-state index contributed by atoms with van der Waals surface area (Å²) < 4.78 is 0. The number of nitrogens with one attached hydrogen (secondary N) is 1. The van der Waals surface area contributed by atoms with Crippen molar-refractivity contribution >= 4 is 27.4 Å². The highest BCUT2D eigenvalue weighted by Crippen LogP contribution is 2.27. The van der Waals surface area contributed by atoms with E-state index in [-0.39, 0.29) is 0 Å². The molecular weight excluding hydrogens is 244 g/mol. The molecule has 3 aromatic heterocycles. The van der Waals surface area contributed by atoms with Crippen molar-refractivity contribution in [1.29, 1.82) is 0 Å². The van der Waals surface area contributed by atoms with Gasteiger partial charge in [0.15, 0.2) is 0 Å². The van der Waals surface area contributed by atoms with Crippen LogP contribution in [0.2, 0.25) is 0 Å². The van der Waals surface area contributed by atoms with Crippen LogP contribution >= 0.6 is 11.3 Å². The van der Waals surface area contributed by atoms with Gasteiger partial charge in [-0.15, -0.1) is 11.3 Å². The normalized spacial score (nSPS) is 10.7. The molecule has 0 fully saturated rings. The number of anilines is 1. The number of aryl methyl sites for hydroxylation is 1. The molecule has 0 radical (unpaired) electrons. The molecule has 90 valence electrons. The van der Waals surface area contributed by atoms with Crippen molar-refractivity contribution in [1.82, 2.24) is 15.0 Å². The van der Waals surface area contributed by atoms with Crippen LogP contribution in [0.1, 0.15) is 10.6 Å². The second kappa shape index (κ2) is 4.70. The summed E-state index contributed by atoms with van der Waals surface area (Å²) in [5, 5.41) is 4.39. The van der Waals surface area contributed by atoms with Crippen LogP contribution in [0.4, 0.5) is 5.82 Å². The Kier molecular flexibility index (Phi) is 2.90. The van der Waals surface area contributed by atoms with Crippen LogP contribution in [0.15, 0.2) is 36.8 Å². The predicted molar refractivity (Wildman–Crippen MR) is 73.7 cm³/mol.